The monoisotopic (exact) mass is 313 g/mol. The minimum atomic E-state index is 0.622. The SMILES string of the molecule is COc1ccc(-c2nnc(SCc3cccnc3)n2N)cc1. The first-order valence-electron chi connectivity index (χ1n) is 6.64. The summed E-state index contributed by atoms with van der Waals surface area (Å²) in [5.41, 5.74) is 2.01. The summed E-state index contributed by atoms with van der Waals surface area (Å²) in [4.78, 5) is 4.09. The molecule has 0 atom stereocenters. The highest BCUT2D eigenvalue weighted by atomic mass is 32.2. The summed E-state index contributed by atoms with van der Waals surface area (Å²) in [6.07, 6.45) is 3.58. The average Bonchev–Trinajstić information content (AvgIpc) is 2.95. The maximum absolute atomic E-state index is 6.09. The minimum Gasteiger partial charge on any atom is -0.497 e. The van der Waals surface area contributed by atoms with Crippen LogP contribution in [0.25, 0.3) is 11.4 Å². The first-order chi connectivity index (χ1) is 10.8. The van der Waals surface area contributed by atoms with Gasteiger partial charge in [0.1, 0.15) is 5.75 Å². The van der Waals surface area contributed by atoms with E-state index >= 15 is 0 Å². The Hall–Kier alpha value is -2.54. The molecule has 22 heavy (non-hydrogen) atoms. The number of nitrogens with zero attached hydrogens (tertiary/aromatic N) is 4. The molecule has 0 amide bonds. The molecule has 3 rings (SSSR count). The highest BCUT2D eigenvalue weighted by molar-refractivity contribution is 7.98. The number of rotatable bonds is 5. The molecule has 2 heterocycles. The van der Waals surface area contributed by atoms with E-state index in [0.29, 0.717) is 11.0 Å². The molecule has 0 aliphatic carbocycles. The fourth-order valence-electron chi connectivity index (χ4n) is 1.94. The number of pyridine rings is 1. The molecule has 0 spiro atoms. The number of benzene rings is 1. The van der Waals surface area contributed by atoms with Crippen molar-refractivity contribution in [3.8, 4) is 17.1 Å². The Balaban J connectivity index is 1.76. The van der Waals surface area contributed by atoms with Gasteiger partial charge in [-0.05, 0) is 35.9 Å². The van der Waals surface area contributed by atoms with Crippen LogP contribution in [-0.4, -0.2) is 27.0 Å². The van der Waals surface area contributed by atoms with Gasteiger partial charge < -0.3 is 10.6 Å². The smallest absolute Gasteiger partial charge is 0.210 e. The summed E-state index contributed by atoms with van der Waals surface area (Å²) in [5, 5.41) is 8.98. The zero-order chi connectivity index (χ0) is 15.4. The molecule has 0 saturated carbocycles. The Morgan fingerprint density at radius 1 is 1.18 bits per heavy atom. The van der Waals surface area contributed by atoms with Crippen molar-refractivity contribution < 1.29 is 4.74 Å². The van der Waals surface area contributed by atoms with E-state index < -0.39 is 0 Å². The van der Waals surface area contributed by atoms with Crippen molar-refractivity contribution in [2.75, 3.05) is 13.0 Å². The molecule has 0 aliphatic heterocycles. The second-order valence-electron chi connectivity index (χ2n) is 4.55. The molecule has 0 bridgehead atoms. The van der Waals surface area contributed by atoms with E-state index in [1.165, 1.54) is 16.4 Å². The van der Waals surface area contributed by atoms with Crippen LogP contribution in [-0.2, 0) is 5.75 Å². The predicted molar refractivity (Wildman–Crippen MR) is 86.0 cm³/mol. The Kier molecular flexibility index (Phi) is 4.24. The Labute approximate surface area is 132 Å². The molecule has 1 aromatic carbocycles. The maximum atomic E-state index is 6.09. The third-order valence-corrected chi connectivity index (χ3v) is 4.12. The summed E-state index contributed by atoms with van der Waals surface area (Å²) >= 11 is 1.52. The highest BCUT2D eigenvalue weighted by Gasteiger charge is 2.12. The van der Waals surface area contributed by atoms with Crippen molar-refractivity contribution in [2.45, 2.75) is 10.9 Å². The molecule has 0 saturated heterocycles. The van der Waals surface area contributed by atoms with Crippen LogP contribution < -0.4 is 10.6 Å². The zero-order valence-electron chi connectivity index (χ0n) is 12.0. The van der Waals surface area contributed by atoms with Gasteiger partial charge in [0.05, 0.1) is 7.11 Å². The van der Waals surface area contributed by atoms with Gasteiger partial charge in [-0.1, -0.05) is 17.8 Å². The Morgan fingerprint density at radius 2 is 2.00 bits per heavy atom. The van der Waals surface area contributed by atoms with Gasteiger partial charge in [0.2, 0.25) is 5.16 Å². The van der Waals surface area contributed by atoms with Crippen LogP contribution in [0, 0.1) is 0 Å². The molecule has 3 aromatic rings. The van der Waals surface area contributed by atoms with Crippen LogP contribution in [0.3, 0.4) is 0 Å². The molecule has 7 heteroatoms. The molecule has 112 valence electrons. The van der Waals surface area contributed by atoms with Gasteiger partial charge >= 0.3 is 0 Å². The third-order valence-electron chi connectivity index (χ3n) is 3.10. The number of ether oxygens (including phenoxy) is 1. The second-order valence-corrected chi connectivity index (χ2v) is 5.50. The fourth-order valence-corrected chi connectivity index (χ4v) is 2.73. The molecule has 0 unspecified atom stereocenters. The lowest BCUT2D eigenvalue weighted by molar-refractivity contribution is 0.415. The fraction of sp³-hybridized carbons (Fsp3) is 0.133. The maximum Gasteiger partial charge on any atom is 0.210 e. The largest absolute Gasteiger partial charge is 0.497 e. The normalized spacial score (nSPS) is 10.6. The summed E-state index contributed by atoms with van der Waals surface area (Å²) in [5.74, 6) is 8.25. The van der Waals surface area contributed by atoms with Crippen molar-refractivity contribution in [1.82, 2.24) is 19.9 Å². The minimum absolute atomic E-state index is 0.622. The molecule has 6 nitrogen and oxygen atoms in total. The predicted octanol–water partition coefficient (Wildman–Crippen LogP) is 2.35. The van der Waals surface area contributed by atoms with E-state index in [2.05, 4.69) is 15.2 Å². The van der Waals surface area contributed by atoms with E-state index in [4.69, 9.17) is 10.6 Å². The lowest BCUT2D eigenvalue weighted by atomic mass is 10.2. The molecule has 0 fully saturated rings. The van der Waals surface area contributed by atoms with Crippen molar-refractivity contribution in [3.63, 3.8) is 0 Å². The van der Waals surface area contributed by atoms with Crippen LogP contribution >= 0.6 is 11.8 Å². The summed E-state index contributed by atoms with van der Waals surface area (Å²) < 4.78 is 6.65. The number of nitrogen functional groups attached to an aromatic ring is 1. The van der Waals surface area contributed by atoms with Gasteiger partial charge in [0.15, 0.2) is 5.82 Å². The van der Waals surface area contributed by atoms with Gasteiger partial charge in [-0.15, -0.1) is 10.2 Å². The van der Waals surface area contributed by atoms with Crippen molar-refractivity contribution in [1.29, 1.82) is 0 Å². The molecular formula is C15H15N5OS. The summed E-state index contributed by atoms with van der Waals surface area (Å²) in [6, 6.07) is 11.5. The van der Waals surface area contributed by atoms with Crippen LogP contribution in [0.2, 0.25) is 0 Å². The highest BCUT2D eigenvalue weighted by Crippen LogP contribution is 2.25. The topological polar surface area (TPSA) is 78.9 Å². The van der Waals surface area contributed by atoms with E-state index in [0.717, 1.165) is 22.6 Å². The number of hydrogen-bond acceptors (Lipinski definition) is 6. The summed E-state index contributed by atoms with van der Waals surface area (Å²) in [7, 11) is 1.63. The number of aromatic nitrogens is 4. The van der Waals surface area contributed by atoms with Crippen molar-refractivity contribution >= 4 is 11.8 Å². The number of hydrogen-bond donors (Lipinski definition) is 1. The molecule has 2 N–H and O–H groups in total. The Bertz CT molecular complexity index is 742. The first-order valence-corrected chi connectivity index (χ1v) is 7.63. The van der Waals surface area contributed by atoms with Crippen LogP contribution in [0.15, 0.2) is 53.9 Å². The van der Waals surface area contributed by atoms with Gasteiger partial charge in [-0.25, -0.2) is 4.68 Å². The summed E-state index contributed by atoms with van der Waals surface area (Å²) in [6.45, 7) is 0. The average molecular weight is 313 g/mol. The van der Waals surface area contributed by atoms with Crippen molar-refractivity contribution in [3.05, 3.63) is 54.4 Å². The van der Waals surface area contributed by atoms with Gasteiger partial charge in [-0.2, -0.15) is 0 Å². The van der Waals surface area contributed by atoms with Crippen molar-refractivity contribution in [2.24, 2.45) is 0 Å². The zero-order valence-corrected chi connectivity index (χ0v) is 12.8. The molecule has 0 aliphatic rings. The van der Waals surface area contributed by atoms with E-state index in [-0.39, 0.29) is 0 Å². The Morgan fingerprint density at radius 3 is 2.68 bits per heavy atom. The number of methoxy groups -OCH3 is 1. The molecule has 2 aromatic heterocycles. The van der Waals surface area contributed by atoms with E-state index in [9.17, 15) is 0 Å². The standard InChI is InChI=1S/C15H15N5OS/c1-21-13-6-4-12(5-7-13)14-18-19-15(20(14)16)22-10-11-3-2-8-17-9-11/h2-9H,10,16H2,1H3. The van der Waals surface area contributed by atoms with Crippen LogP contribution in [0.5, 0.6) is 5.75 Å². The van der Waals surface area contributed by atoms with E-state index in [1.807, 2.05) is 42.6 Å². The van der Waals surface area contributed by atoms with Gasteiger partial charge in [0.25, 0.3) is 0 Å². The quantitative estimate of drug-likeness (QED) is 0.575. The lowest BCUT2D eigenvalue weighted by Crippen LogP contribution is -2.11. The first kappa shape index (κ1) is 14.4. The molecular weight excluding hydrogens is 298 g/mol. The lowest BCUT2D eigenvalue weighted by Gasteiger charge is -2.04. The number of nitrogens with two attached hydrogens (primary N) is 1. The second kappa shape index (κ2) is 6.48. The number of thioether (sulfide) groups is 1. The van der Waals surface area contributed by atoms with E-state index in [1.54, 1.807) is 13.3 Å². The molecule has 0 radical (unpaired) electrons. The van der Waals surface area contributed by atoms with Gasteiger partial charge in [-0.3, -0.25) is 4.98 Å². The van der Waals surface area contributed by atoms with Gasteiger partial charge in [0, 0.05) is 23.7 Å². The van der Waals surface area contributed by atoms with Crippen LogP contribution in [0.1, 0.15) is 5.56 Å². The van der Waals surface area contributed by atoms with Crippen LogP contribution in [0.4, 0.5) is 0 Å². The third kappa shape index (κ3) is 3.04.